The molecule has 1 aromatic heterocycles. The molecule has 1 N–H and O–H groups in total. The van der Waals surface area contributed by atoms with Gasteiger partial charge in [0.1, 0.15) is 5.82 Å². The number of hydrogen-bond donors (Lipinski definition) is 1. The molecule has 1 aliphatic rings. The van der Waals surface area contributed by atoms with E-state index in [1.54, 1.807) is 12.1 Å². The van der Waals surface area contributed by atoms with Crippen LogP contribution in [-0.2, 0) is 12.8 Å². The number of nitrogens with one attached hydrogen (secondary N) is 1. The number of aromatic nitrogens is 2. The molecular weight excluding hydrogens is 245 g/mol. The smallest absolute Gasteiger partial charge is 0.226 e. The standard InChI is InChI=1S/C14H16FN3O/c15-12-3-1-10(2-4-12)7-13-17-14(19-18-13)8-11-5-6-16-9-11/h1-4,11,16H,5-9H2. The summed E-state index contributed by atoms with van der Waals surface area (Å²) in [4.78, 5) is 4.39. The zero-order chi connectivity index (χ0) is 13.1. The number of rotatable bonds is 4. The molecular formula is C14H16FN3O. The highest BCUT2D eigenvalue weighted by molar-refractivity contribution is 5.19. The monoisotopic (exact) mass is 261 g/mol. The highest BCUT2D eigenvalue weighted by atomic mass is 19.1. The van der Waals surface area contributed by atoms with Crippen LogP contribution in [0.25, 0.3) is 0 Å². The summed E-state index contributed by atoms with van der Waals surface area (Å²) < 4.78 is 18.1. The Kier molecular flexibility index (Phi) is 3.55. The maximum absolute atomic E-state index is 12.8. The lowest BCUT2D eigenvalue weighted by atomic mass is 10.1. The van der Waals surface area contributed by atoms with E-state index >= 15 is 0 Å². The molecule has 3 rings (SSSR count). The molecule has 2 heterocycles. The number of nitrogens with zero attached hydrogens (tertiary/aromatic N) is 2. The van der Waals surface area contributed by atoms with Crippen molar-refractivity contribution in [2.45, 2.75) is 19.3 Å². The molecule has 5 heteroatoms. The van der Waals surface area contributed by atoms with Gasteiger partial charge in [-0.2, -0.15) is 4.98 Å². The van der Waals surface area contributed by atoms with Crippen molar-refractivity contribution < 1.29 is 8.91 Å². The fourth-order valence-corrected chi connectivity index (χ4v) is 2.37. The first-order valence-corrected chi connectivity index (χ1v) is 6.56. The molecule has 1 saturated heterocycles. The van der Waals surface area contributed by atoms with Gasteiger partial charge in [-0.25, -0.2) is 4.39 Å². The van der Waals surface area contributed by atoms with Crippen LogP contribution < -0.4 is 5.32 Å². The van der Waals surface area contributed by atoms with E-state index in [0.29, 0.717) is 24.1 Å². The molecule has 0 aliphatic carbocycles. The van der Waals surface area contributed by atoms with Gasteiger partial charge in [0, 0.05) is 12.8 Å². The fraction of sp³-hybridized carbons (Fsp3) is 0.429. The van der Waals surface area contributed by atoms with Gasteiger partial charge >= 0.3 is 0 Å². The Morgan fingerprint density at radius 2 is 2.16 bits per heavy atom. The Hall–Kier alpha value is -1.75. The lowest BCUT2D eigenvalue weighted by Crippen LogP contribution is -2.10. The summed E-state index contributed by atoms with van der Waals surface area (Å²) in [6, 6.07) is 6.37. The van der Waals surface area contributed by atoms with Gasteiger partial charge < -0.3 is 9.84 Å². The molecule has 100 valence electrons. The van der Waals surface area contributed by atoms with Crippen molar-refractivity contribution in [2.75, 3.05) is 13.1 Å². The van der Waals surface area contributed by atoms with Gasteiger partial charge in [-0.05, 0) is 43.1 Å². The van der Waals surface area contributed by atoms with Crippen LogP contribution in [0.4, 0.5) is 4.39 Å². The maximum Gasteiger partial charge on any atom is 0.226 e. The second-order valence-corrected chi connectivity index (χ2v) is 4.97. The summed E-state index contributed by atoms with van der Waals surface area (Å²) in [7, 11) is 0. The van der Waals surface area contributed by atoms with Crippen LogP contribution in [0.5, 0.6) is 0 Å². The van der Waals surface area contributed by atoms with Gasteiger partial charge in [-0.1, -0.05) is 17.3 Å². The molecule has 2 aromatic rings. The van der Waals surface area contributed by atoms with Crippen LogP contribution in [0, 0.1) is 11.7 Å². The first-order valence-electron chi connectivity index (χ1n) is 6.56. The van der Waals surface area contributed by atoms with Crippen molar-refractivity contribution in [3.05, 3.63) is 47.4 Å². The van der Waals surface area contributed by atoms with E-state index in [1.165, 1.54) is 12.1 Å². The zero-order valence-electron chi connectivity index (χ0n) is 10.6. The number of benzene rings is 1. The molecule has 0 radical (unpaired) electrons. The Labute approximate surface area is 111 Å². The van der Waals surface area contributed by atoms with E-state index in [-0.39, 0.29) is 5.82 Å². The van der Waals surface area contributed by atoms with Gasteiger partial charge in [-0.3, -0.25) is 0 Å². The average molecular weight is 261 g/mol. The summed E-state index contributed by atoms with van der Waals surface area (Å²) in [6.07, 6.45) is 2.58. The lowest BCUT2D eigenvalue weighted by molar-refractivity contribution is 0.354. The topological polar surface area (TPSA) is 51.0 Å². The van der Waals surface area contributed by atoms with E-state index in [4.69, 9.17) is 4.52 Å². The van der Waals surface area contributed by atoms with E-state index in [1.807, 2.05) is 0 Å². The van der Waals surface area contributed by atoms with Crippen LogP contribution in [0.15, 0.2) is 28.8 Å². The van der Waals surface area contributed by atoms with Crippen molar-refractivity contribution >= 4 is 0 Å². The molecule has 1 aromatic carbocycles. The van der Waals surface area contributed by atoms with E-state index in [2.05, 4.69) is 15.5 Å². The molecule has 0 saturated carbocycles. The van der Waals surface area contributed by atoms with Crippen molar-refractivity contribution in [3.8, 4) is 0 Å². The predicted molar refractivity (Wildman–Crippen MR) is 68.2 cm³/mol. The van der Waals surface area contributed by atoms with Gasteiger partial charge in [0.15, 0.2) is 5.82 Å². The number of hydrogen-bond acceptors (Lipinski definition) is 4. The third-order valence-electron chi connectivity index (χ3n) is 3.41. The van der Waals surface area contributed by atoms with Gasteiger partial charge in [0.05, 0.1) is 0 Å². The average Bonchev–Trinajstić information content (AvgIpc) is 3.05. The zero-order valence-corrected chi connectivity index (χ0v) is 10.6. The van der Waals surface area contributed by atoms with Crippen molar-refractivity contribution in [3.63, 3.8) is 0 Å². The molecule has 1 aliphatic heterocycles. The second-order valence-electron chi connectivity index (χ2n) is 4.97. The largest absolute Gasteiger partial charge is 0.339 e. The molecule has 1 atom stereocenters. The molecule has 19 heavy (non-hydrogen) atoms. The molecule has 0 bridgehead atoms. The van der Waals surface area contributed by atoms with Gasteiger partial charge in [0.2, 0.25) is 5.89 Å². The molecule has 0 amide bonds. The maximum atomic E-state index is 12.8. The third kappa shape index (κ3) is 3.17. The van der Waals surface area contributed by atoms with Crippen molar-refractivity contribution in [1.29, 1.82) is 0 Å². The summed E-state index contributed by atoms with van der Waals surface area (Å²) in [5.74, 6) is 1.73. The summed E-state index contributed by atoms with van der Waals surface area (Å²) in [6.45, 7) is 2.09. The minimum Gasteiger partial charge on any atom is -0.339 e. The molecule has 1 fully saturated rings. The normalized spacial score (nSPS) is 18.9. The van der Waals surface area contributed by atoms with Crippen LogP contribution >= 0.6 is 0 Å². The number of halogens is 1. The van der Waals surface area contributed by atoms with Crippen LogP contribution in [0.1, 0.15) is 23.7 Å². The molecule has 0 spiro atoms. The summed E-state index contributed by atoms with van der Waals surface area (Å²) in [5, 5.41) is 7.29. The molecule has 1 unspecified atom stereocenters. The van der Waals surface area contributed by atoms with Crippen LogP contribution in [-0.4, -0.2) is 23.2 Å². The molecule has 4 nitrogen and oxygen atoms in total. The first-order chi connectivity index (χ1) is 9.29. The third-order valence-corrected chi connectivity index (χ3v) is 3.41. The van der Waals surface area contributed by atoms with Crippen LogP contribution in [0.2, 0.25) is 0 Å². The van der Waals surface area contributed by atoms with E-state index in [0.717, 1.165) is 31.5 Å². The second kappa shape index (κ2) is 5.48. The Bertz CT molecular complexity index is 532. The minimum atomic E-state index is -0.230. The summed E-state index contributed by atoms with van der Waals surface area (Å²) in [5.41, 5.74) is 0.983. The lowest BCUT2D eigenvalue weighted by Gasteiger charge is -2.01. The summed E-state index contributed by atoms with van der Waals surface area (Å²) >= 11 is 0. The highest BCUT2D eigenvalue weighted by Gasteiger charge is 2.18. The van der Waals surface area contributed by atoms with Crippen molar-refractivity contribution in [1.82, 2.24) is 15.5 Å². The van der Waals surface area contributed by atoms with Crippen LogP contribution in [0.3, 0.4) is 0 Å². The Morgan fingerprint density at radius 3 is 2.89 bits per heavy atom. The van der Waals surface area contributed by atoms with Gasteiger partial charge in [0.25, 0.3) is 0 Å². The highest BCUT2D eigenvalue weighted by Crippen LogP contribution is 2.15. The first kappa shape index (κ1) is 12.3. The quantitative estimate of drug-likeness (QED) is 0.914. The van der Waals surface area contributed by atoms with E-state index < -0.39 is 0 Å². The SMILES string of the molecule is Fc1ccc(Cc2noc(CC3CCNC3)n2)cc1. The fourth-order valence-electron chi connectivity index (χ4n) is 2.37. The van der Waals surface area contributed by atoms with E-state index in [9.17, 15) is 4.39 Å². The predicted octanol–water partition coefficient (Wildman–Crippen LogP) is 1.95. The minimum absolute atomic E-state index is 0.230. The van der Waals surface area contributed by atoms with Gasteiger partial charge in [-0.15, -0.1) is 0 Å². The van der Waals surface area contributed by atoms with Crippen molar-refractivity contribution in [2.24, 2.45) is 5.92 Å². The Morgan fingerprint density at radius 1 is 1.32 bits per heavy atom. The Balaban J connectivity index is 1.62.